The van der Waals surface area contributed by atoms with Crippen LogP contribution < -0.4 is 20.3 Å². The zero-order chi connectivity index (χ0) is 22.6. The molecule has 31 heavy (non-hydrogen) atoms. The van der Waals surface area contributed by atoms with Crippen molar-refractivity contribution >= 4 is 17.8 Å². The second kappa shape index (κ2) is 12.2. The second-order valence-electron chi connectivity index (χ2n) is 6.77. The molecule has 0 aliphatic heterocycles. The predicted octanol–water partition coefficient (Wildman–Crippen LogP) is 2.98. The molecule has 8 heteroatoms. The molecule has 0 aliphatic carbocycles. The van der Waals surface area contributed by atoms with E-state index in [4.69, 9.17) is 14.2 Å². The van der Waals surface area contributed by atoms with Crippen LogP contribution in [0.15, 0.2) is 48.5 Å². The zero-order valence-electron chi connectivity index (χ0n) is 18.0. The molecule has 0 aliphatic rings. The van der Waals surface area contributed by atoms with E-state index in [2.05, 4.69) is 24.7 Å². The van der Waals surface area contributed by atoms with Crippen molar-refractivity contribution in [1.82, 2.24) is 10.9 Å². The molecule has 0 radical (unpaired) electrons. The fourth-order valence-corrected chi connectivity index (χ4v) is 2.64. The highest BCUT2D eigenvalue weighted by molar-refractivity contribution is 5.89. The Labute approximate surface area is 181 Å². The molecule has 0 bridgehead atoms. The fraction of sp³-hybridized carbons (Fsp3) is 0.348. The number of benzene rings is 2. The third-order valence-electron chi connectivity index (χ3n) is 4.50. The zero-order valence-corrected chi connectivity index (χ0v) is 18.0. The number of carbonyl (C=O) groups is 3. The van der Waals surface area contributed by atoms with Crippen molar-refractivity contribution in [3.8, 4) is 11.5 Å². The molecule has 0 spiro atoms. The van der Waals surface area contributed by atoms with Crippen molar-refractivity contribution in [2.75, 3.05) is 19.8 Å². The number of carbonyl (C=O) groups excluding carboxylic acids is 3. The van der Waals surface area contributed by atoms with Gasteiger partial charge in [0.1, 0.15) is 11.5 Å². The van der Waals surface area contributed by atoms with Gasteiger partial charge in [0.25, 0.3) is 11.8 Å². The molecule has 1 atom stereocenters. The maximum absolute atomic E-state index is 12.0. The maximum atomic E-state index is 12.0. The summed E-state index contributed by atoms with van der Waals surface area (Å²) < 4.78 is 15.8. The number of esters is 1. The van der Waals surface area contributed by atoms with Crippen LogP contribution in [0.5, 0.6) is 11.5 Å². The van der Waals surface area contributed by atoms with E-state index in [-0.39, 0.29) is 13.2 Å². The quantitative estimate of drug-likeness (QED) is 0.446. The lowest BCUT2D eigenvalue weighted by Crippen LogP contribution is -2.45. The van der Waals surface area contributed by atoms with Crippen LogP contribution >= 0.6 is 0 Å². The molecule has 0 aromatic heterocycles. The molecule has 0 saturated carbocycles. The highest BCUT2D eigenvalue weighted by Gasteiger charge is 2.12. The minimum atomic E-state index is -0.539. The van der Waals surface area contributed by atoms with Gasteiger partial charge >= 0.3 is 5.97 Å². The molecule has 0 fully saturated rings. The maximum Gasteiger partial charge on any atom is 0.338 e. The Morgan fingerprint density at radius 3 is 2.10 bits per heavy atom. The molecule has 0 saturated heterocycles. The first-order valence-corrected chi connectivity index (χ1v) is 10.1. The van der Waals surface area contributed by atoms with Gasteiger partial charge in [-0.15, -0.1) is 0 Å². The summed E-state index contributed by atoms with van der Waals surface area (Å²) in [5, 5.41) is 0. The number of nitrogens with one attached hydrogen (secondary N) is 2. The lowest BCUT2D eigenvalue weighted by atomic mass is 9.98. The predicted molar refractivity (Wildman–Crippen MR) is 115 cm³/mol. The third kappa shape index (κ3) is 7.65. The number of para-hydroxylation sites is 1. The molecule has 0 heterocycles. The summed E-state index contributed by atoms with van der Waals surface area (Å²) in [4.78, 5) is 35.4. The SMILES string of the molecule is CCOC(=O)c1ccc(OCC(=O)NNC(=O)COc2ccccc2C(C)CC)cc1. The number of hydrazine groups is 1. The number of hydrogen-bond acceptors (Lipinski definition) is 6. The van der Waals surface area contributed by atoms with Crippen LogP contribution in [0, 0.1) is 0 Å². The van der Waals surface area contributed by atoms with Crippen LogP contribution in [0.3, 0.4) is 0 Å². The Balaban J connectivity index is 1.73. The Bertz CT molecular complexity index is 882. The van der Waals surface area contributed by atoms with Gasteiger partial charge in [-0.05, 0) is 55.2 Å². The summed E-state index contributed by atoms with van der Waals surface area (Å²) in [6.45, 7) is 5.65. The highest BCUT2D eigenvalue weighted by Crippen LogP contribution is 2.28. The van der Waals surface area contributed by atoms with Gasteiger partial charge in [0.05, 0.1) is 12.2 Å². The lowest BCUT2D eigenvalue weighted by Gasteiger charge is -2.15. The molecule has 2 aromatic rings. The Kier molecular flexibility index (Phi) is 9.35. The summed E-state index contributed by atoms with van der Waals surface area (Å²) >= 11 is 0. The van der Waals surface area contributed by atoms with Gasteiger partial charge in [-0.25, -0.2) is 4.79 Å². The summed E-state index contributed by atoms with van der Waals surface area (Å²) in [6, 6.07) is 13.8. The van der Waals surface area contributed by atoms with E-state index >= 15 is 0 Å². The first kappa shape index (κ1) is 23.7. The Morgan fingerprint density at radius 1 is 0.871 bits per heavy atom. The van der Waals surface area contributed by atoms with Crippen molar-refractivity contribution < 1.29 is 28.6 Å². The largest absolute Gasteiger partial charge is 0.484 e. The first-order chi connectivity index (χ1) is 14.9. The first-order valence-electron chi connectivity index (χ1n) is 10.1. The standard InChI is InChI=1S/C23H28N2O6/c1-4-16(3)19-8-6-7-9-20(19)31-15-22(27)25-24-21(26)14-30-18-12-10-17(11-13-18)23(28)29-5-2/h6-13,16H,4-5,14-15H2,1-3H3,(H,24,26)(H,25,27). The summed E-state index contributed by atoms with van der Waals surface area (Å²) in [7, 11) is 0. The number of amides is 2. The fourth-order valence-electron chi connectivity index (χ4n) is 2.64. The van der Waals surface area contributed by atoms with Crippen LogP contribution in [0.1, 0.15) is 49.0 Å². The minimum absolute atomic E-state index is 0.232. The van der Waals surface area contributed by atoms with E-state index in [1.165, 1.54) is 0 Å². The van der Waals surface area contributed by atoms with E-state index < -0.39 is 17.8 Å². The van der Waals surface area contributed by atoms with E-state index in [1.54, 1.807) is 31.2 Å². The van der Waals surface area contributed by atoms with Crippen LogP contribution in [0.25, 0.3) is 0 Å². The summed E-state index contributed by atoms with van der Waals surface area (Å²) in [5.41, 5.74) is 5.97. The molecule has 2 rings (SSSR count). The average molecular weight is 428 g/mol. The lowest BCUT2D eigenvalue weighted by molar-refractivity contribution is -0.131. The number of ether oxygens (including phenoxy) is 3. The second-order valence-corrected chi connectivity index (χ2v) is 6.77. The molecule has 8 nitrogen and oxygen atoms in total. The van der Waals surface area contributed by atoms with Crippen molar-refractivity contribution in [1.29, 1.82) is 0 Å². The van der Waals surface area contributed by atoms with E-state index in [1.807, 2.05) is 24.3 Å². The molecule has 2 amide bonds. The van der Waals surface area contributed by atoms with Gasteiger partial charge in [-0.2, -0.15) is 0 Å². The van der Waals surface area contributed by atoms with E-state index in [9.17, 15) is 14.4 Å². The van der Waals surface area contributed by atoms with Gasteiger partial charge in [0.2, 0.25) is 0 Å². The molecular formula is C23H28N2O6. The van der Waals surface area contributed by atoms with Gasteiger partial charge < -0.3 is 14.2 Å². The molecule has 2 aromatic carbocycles. The highest BCUT2D eigenvalue weighted by atomic mass is 16.5. The number of rotatable bonds is 10. The van der Waals surface area contributed by atoms with Crippen LogP contribution in [-0.2, 0) is 14.3 Å². The third-order valence-corrected chi connectivity index (χ3v) is 4.50. The van der Waals surface area contributed by atoms with Crippen LogP contribution in [-0.4, -0.2) is 37.6 Å². The molecular weight excluding hydrogens is 400 g/mol. The average Bonchev–Trinajstić information content (AvgIpc) is 2.80. The minimum Gasteiger partial charge on any atom is -0.484 e. The summed E-state index contributed by atoms with van der Waals surface area (Å²) in [5.74, 6) is -0.104. The van der Waals surface area contributed by atoms with Gasteiger partial charge in [0, 0.05) is 0 Å². The normalized spacial score (nSPS) is 11.2. The van der Waals surface area contributed by atoms with Crippen molar-refractivity contribution in [3.05, 3.63) is 59.7 Å². The van der Waals surface area contributed by atoms with Crippen molar-refractivity contribution in [3.63, 3.8) is 0 Å². The smallest absolute Gasteiger partial charge is 0.338 e. The Morgan fingerprint density at radius 2 is 1.48 bits per heavy atom. The van der Waals surface area contributed by atoms with Gasteiger partial charge in [-0.1, -0.05) is 32.0 Å². The van der Waals surface area contributed by atoms with Crippen molar-refractivity contribution in [2.24, 2.45) is 0 Å². The topological polar surface area (TPSA) is 103 Å². The van der Waals surface area contributed by atoms with Crippen molar-refractivity contribution in [2.45, 2.75) is 33.1 Å². The molecule has 166 valence electrons. The van der Waals surface area contributed by atoms with Gasteiger partial charge in [-0.3, -0.25) is 20.4 Å². The Hall–Kier alpha value is -3.55. The molecule has 1 unspecified atom stereocenters. The molecule has 2 N–H and O–H groups in total. The van der Waals surface area contributed by atoms with E-state index in [0.717, 1.165) is 12.0 Å². The monoisotopic (exact) mass is 428 g/mol. The van der Waals surface area contributed by atoms with Crippen LogP contribution in [0.2, 0.25) is 0 Å². The summed E-state index contributed by atoms with van der Waals surface area (Å²) in [6.07, 6.45) is 0.953. The van der Waals surface area contributed by atoms with Gasteiger partial charge in [0.15, 0.2) is 13.2 Å². The number of hydrogen-bond donors (Lipinski definition) is 2. The van der Waals surface area contributed by atoms with Crippen LogP contribution in [0.4, 0.5) is 0 Å². The van der Waals surface area contributed by atoms with E-state index in [0.29, 0.717) is 29.6 Å².